The van der Waals surface area contributed by atoms with E-state index in [-0.39, 0.29) is 0 Å². The first-order valence-corrected chi connectivity index (χ1v) is 12.8. The average molecular weight is 460 g/mol. The minimum absolute atomic E-state index is 0.565. The lowest BCUT2D eigenvalue weighted by atomic mass is 10.1. The van der Waals surface area contributed by atoms with Crippen LogP contribution >= 0.6 is 15.9 Å². The van der Waals surface area contributed by atoms with E-state index < -0.39 is 8.32 Å². The summed E-state index contributed by atoms with van der Waals surface area (Å²) >= 11 is 3.42. The van der Waals surface area contributed by atoms with Crippen molar-refractivity contribution in [3.8, 4) is 6.07 Å². The summed E-state index contributed by atoms with van der Waals surface area (Å²) in [5, 5.41) is 12.7. The number of hydrogen-bond acceptors (Lipinski definition) is 3. The van der Waals surface area contributed by atoms with Crippen molar-refractivity contribution >= 4 is 35.6 Å². The third-order valence-corrected chi connectivity index (χ3v) is 12.1. The van der Waals surface area contributed by atoms with Crippen LogP contribution in [0.4, 0.5) is 11.4 Å². The van der Waals surface area contributed by atoms with Crippen molar-refractivity contribution in [3.05, 3.63) is 58.1 Å². The van der Waals surface area contributed by atoms with Gasteiger partial charge in [0.05, 0.1) is 17.9 Å². The number of hydrogen-bond donors (Lipinski definition) is 1. The van der Waals surface area contributed by atoms with Crippen molar-refractivity contribution in [2.45, 2.75) is 64.8 Å². The maximum atomic E-state index is 9.38. The van der Waals surface area contributed by atoms with E-state index in [1.165, 1.54) is 0 Å². The van der Waals surface area contributed by atoms with Gasteiger partial charge in [-0.25, -0.2) is 0 Å². The molecule has 150 valence electrons. The maximum absolute atomic E-state index is 9.38. The highest BCUT2D eigenvalue weighted by atomic mass is 79.9. The molecule has 0 bridgehead atoms. The van der Waals surface area contributed by atoms with Gasteiger partial charge >= 0.3 is 0 Å². The Bertz CT molecular complexity index is 821. The SMILES string of the molecule is CC(C)[Si](OCc1cccc(Nc2ccc(Br)cc2C#N)c1)(C(C)C)C(C)C. The lowest BCUT2D eigenvalue weighted by Crippen LogP contribution is -2.47. The molecule has 1 N–H and O–H groups in total. The van der Waals surface area contributed by atoms with Gasteiger partial charge in [-0.15, -0.1) is 0 Å². The second-order valence-electron chi connectivity index (χ2n) is 8.23. The minimum atomic E-state index is -1.89. The molecule has 0 atom stereocenters. The highest BCUT2D eigenvalue weighted by Crippen LogP contribution is 2.42. The van der Waals surface area contributed by atoms with Crippen LogP contribution in [0.2, 0.25) is 16.6 Å². The molecule has 0 aliphatic rings. The summed E-state index contributed by atoms with van der Waals surface area (Å²) < 4.78 is 7.62. The average Bonchev–Trinajstić information content (AvgIpc) is 2.63. The molecular weight excluding hydrogens is 428 g/mol. The number of nitrogens with zero attached hydrogens (tertiary/aromatic N) is 1. The molecule has 2 rings (SSSR count). The molecule has 0 radical (unpaired) electrons. The van der Waals surface area contributed by atoms with Gasteiger partial charge in [-0.1, -0.05) is 69.6 Å². The van der Waals surface area contributed by atoms with Crippen molar-refractivity contribution in [1.29, 1.82) is 5.26 Å². The molecule has 0 amide bonds. The molecule has 5 heteroatoms. The minimum Gasteiger partial charge on any atom is -0.412 e. The second kappa shape index (κ2) is 9.73. The number of anilines is 2. The predicted octanol–water partition coefficient (Wildman–Crippen LogP) is 7.76. The molecular formula is C23H31BrN2OSi. The molecule has 0 aliphatic carbocycles. The largest absolute Gasteiger partial charge is 0.412 e. The summed E-state index contributed by atoms with van der Waals surface area (Å²) in [6, 6.07) is 16.2. The van der Waals surface area contributed by atoms with Crippen LogP contribution in [0, 0.1) is 11.3 Å². The Balaban J connectivity index is 2.21. The van der Waals surface area contributed by atoms with Gasteiger partial charge in [0, 0.05) is 10.2 Å². The van der Waals surface area contributed by atoms with E-state index in [1.807, 2.05) is 30.3 Å². The lowest BCUT2D eigenvalue weighted by Gasteiger charge is -2.42. The number of nitriles is 1. The Labute approximate surface area is 179 Å². The fraction of sp³-hybridized carbons (Fsp3) is 0.435. The molecule has 0 heterocycles. The topological polar surface area (TPSA) is 45.0 Å². The van der Waals surface area contributed by atoms with Crippen molar-refractivity contribution in [1.82, 2.24) is 0 Å². The van der Waals surface area contributed by atoms with Crippen molar-refractivity contribution < 1.29 is 4.43 Å². The van der Waals surface area contributed by atoms with Crippen molar-refractivity contribution in [2.75, 3.05) is 5.32 Å². The van der Waals surface area contributed by atoms with E-state index in [2.05, 4.69) is 81.0 Å². The van der Waals surface area contributed by atoms with Crippen LogP contribution in [-0.4, -0.2) is 8.32 Å². The second-order valence-corrected chi connectivity index (χ2v) is 14.6. The van der Waals surface area contributed by atoms with E-state index in [4.69, 9.17) is 4.43 Å². The first kappa shape index (κ1) is 22.7. The van der Waals surface area contributed by atoms with Crippen LogP contribution in [-0.2, 0) is 11.0 Å². The Morgan fingerprint density at radius 2 is 1.64 bits per heavy atom. The maximum Gasteiger partial charge on any atom is 0.200 e. The first-order chi connectivity index (χ1) is 13.2. The normalized spacial score (nSPS) is 11.9. The summed E-state index contributed by atoms with van der Waals surface area (Å²) in [5.41, 5.74) is 5.23. The van der Waals surface area contributed by atoms with Crippen LogP contribution in [0.25, 0.3) is 0 Å². The molecule has 2 aromatic carbocycles. The standard InChI is InChI=1S/C23H31BrN2OSi/c1-16(2)28(17(3)4,18(5)6)27-15-19-8-7-9-22(12-19)26-23-11-10-21(24)13-20(23)14-25/h7-13,16-18,26H,15H2,1-6H3. The van der Waals surface area contributed by atoms with Crippen LogP contribution in [0.3, 0.4) is 0 Å². The highest BCUT2D eigenvalue weighted by molar-refractivity contribution is 9.10. The molecule has 0 aromatic heterocycles. The van der Waals surface area contributed by atoms with Gasteiger partial charge in [0.15, 0.2) is 0 Å². The molecule has 0 saturated carbocycles. The van der Waals surface area contributed by atoms with Gasteiger partial charge in [0.25, 0.3) is 0 Å². The van der Waals surface area contributed by atoms with Gasteiger partial charge in [-0.2, -0.15) is 5.26 Å². The fourth-order valence-electron chi connectivity index (χ4n) is 4.32. The molecule has 0 aliphatic heterocycles. The first-order valence-electron chi connectivity index (χ1n) is 9.90. The van der Waals surface area contributed by atoms with Gasteiger partial charge in [-0.05, 0) is 52.5 Å². The molecule has 2 aromatic rings. The Kier molecular flexibility index (Phi) is 7.88. The zero-order valence-electron chi connectivity index (χ0n) is 17.7. The monoisotopic (exact) mass is 458 g/mol. The Morgan fingerprint density at radius 3 is 2.21 bits per heavy atom. The third kappa shape index (κ3) is 5.05. The fourth-order valence-corrected chi connectivity index (χ4v) is 10.1. The van der Waals surface area contributed by atoms with Crippen molar-refractivity contribution in [2.24, 2.45) is 0 Å². The van der Waals surface area contributed by atoms with E-state index in [0.717, 1.165) is 21.4 Å². The van der Waals surface area contributed by atoms with E-state index in [0.29, 0.717) is 28.8 Å². The number of nitrogens with one attached hydrogen (secondary N) is 1. The third-order valence-electron chi connectivity index (χ3n) is 5.50. The summed E-state index contributed by atoms with van der Waals surface area (Å²) in [4.78, 5) is 0. The van der Waals surface area contributed by atoms with Crippen LogP contribution in [0.15, 0.2) is 46.9 Å². The molecule has 28 heavy (non-hydrogen) atoms. The summed E-state index contributed by atoms with van der Waals surface area (Å²) in [6.07, 6.45) is 0. The van der Waals surface area contributed by atoms with E-state index >= 15 is 0 Å². The van der Waals surface area contributed by atoms with Crippen molar-refractivity contribution in [3.63, 3.8) is 0 Å². The zero-order chi connectivity index (χ0) is 20.9. The summed E-state index contributed by atoms with van der Waals surface area (Å²) in [6.45, 7) is 14.5. The Hall–Kier alpha value is -1.61. The lowest BCUT2D eigenvalue weighted by molar-refractivity contribution is 0.266. The summed E-state index contributed by atoms with van der Waals surface area (Å²) in [7, 11) is -1.89. The van der Waals surface area contributed by atoms with E-state index in [1.54, 1.807) is 0 Å². The quantitative estimate of drug-likeness (QED) is 0.410. The zero-order valence-corrected chi connectivity index (χ0v) is 20.3. The molecule has 3 nitrogen and oxygen atoms in total. The number of halogens is 1. The smallest absolute Gasteiger partial charge is 0.200 e. The Morgan fingerprint density at radius 1 is 1.00 bits per heavy atom. The van der Waals surface area contributed by atoms with E-state index in [9.17, 15) is 5.26 Å². The van der Waals surface area contributed by atoms with Gasteiger partial charge in [-0.3, -0.25) is 0 Å². The number of rotatable bonds is 8. The van der Waals surface area contributed by atoms with Crippen LogP contribution < -0.4 is 5.32 Å². The van der Waals surface area contributed by atoms with Gasteiger partial charge in [0.1, 0.15) is 6.07 Å². The molecule has 0 unspecified atom stereocenters. The molecule has 0 fully saturated rings. The molecule has 0 saturated heterocycles. The number of benzene rings is 2. The van der Waals surface area contributed by atoms with Crippen LogP contribution in [0.5, 0.6) is 0 Å². The highest BCUT2D eigenvalue weighted by Gasteiger charge is 2.44. The predicted molar refractivity (Wildman–Crippen MR) is 124 cm³/mol. The van der Waals surface area contributed by atoms with Gasteiger partial charge in [0.2, 0.25) is 8.32 Å². The van der Waals surface area contributed by atoms with Gasteiger partial charge < -0.3 is 9.74 Å². The summed E-state index contributed by atoms with van der Waals surface area (Å²) in [5.74, 6) is 0. The molecule has 0 spiro atoms. The van der Waals surface area contributed by atoms with Crippen LogP contribution in [0.1, 0.15) is 52.7 Å².